The van der Waals surface area contributed by atoms with Gasteiger partial charge in [-0.05, 0) is 50.6 Å². The van der Waals surface area contributed by atoms with Gasteiger partial charge in [0.05, 0.1) is 12.1 Å². The van der Waals surface area contributed by atoms with Crippen molar-refractivity contribution in [2.24, 2.45) is 5.92 Å². The van der Waals surface area contributed by atoms with Gasteiger partial charge in [0, 0.05) is 18.2 Å². The van der Waals surface area contributed by atoms with Crippen molar-refractivity contribution < 1.29 is 14.6 Å². The number of carbonyl (C=O) groups is 1. The Kier molecular flexibility index (Phi) is 3.87. The molecule has 2 saturated heterocycles. The van der Waals surface area contributed by atoms with Gasteiger partial charge in [-0.3, -0.25) is 4.79 Å². The molecule has 2 aliphatic heterocycles. The fourth-order valence-corrected chi connectivity index (χ4v) is 3.24. The van der Waals surface area contributed by atoms with E-state index in [9.17, 15) is 9.90 Å². The van der Waals surface area contributed by atoms with Gasteiger partial charge < -0.3 is 20.1 Å². The predicted octanol–water partition coefficient (Wildman–Crippen LogP) is 1.51. The van der Waals surface area contributed by atoms with Gasteiger partial charge in [0.2, 0.25) is 0 Å². The molecule has 1 amide bonds. The smallest absolute Gasteiger partial charge is 0.253 e. The van der Waals surface area contributed by atoms with Gasteiger partial charge in [-0.25, -0.2) is 0 Å². The normalized spacial score (nSPS) is 30.4. The maximum absolute atomic E-state index is 12.2. The Hall–Kier alpha value is -1.59. The van der Waals surface area contributed by atoms with Crippen molar-refractivity contribution in [3.8, 4) is 5.75 Å². The van der Waals surface area contributed by atoms with E-state index in [4.69, 9.17) is 4.74 Å². The summed E-state index contributed by atoms with van der Waals surface area (Å²) in [5, 5.41) is 12.8. The van der Waals surface area contributed by atoms with Gasteiger partial charge in [-0.15, -0.1) is 0 Å². The predicted molar refractivity (Wildman–Crippen MR) is 80.4 cm³/mol. The second kappa shape index (κ2) is 5.66. The highest BCUT2D eigenvalue weighted by atomic mass is 16.5. The van der Waals surface area contributed by atoms with Crippen LogP contribution in [0.15, 0.2) is 24.3 Å². The number of anilines is 1. The largest absolute Gasteiger partial charge is 0.508 e. The van der Waals surface area contributed by atoms with Gasteiger partial charge in [0.1, 0.15) is 12.4 Å². The molecule has 0 aromatic heterocycles. The zero-order valence-electron chi connectivity index (χ0n) is 12.3. The lowest BCUT2D eigenvalue weighted by atomic mass is 9.82. The second-order valence-electron chi connectivity index (χ2n) is 6.14. The highest BCUT2D eigenvalue weighted by molar-refractivity contribution is 5.95. The molecular formula is C16H22N2O3. The molecule has 2 unspecified atom stereocenters. The fraction of sp³-hybridized carbons (Fsp3) is 0.562. The second-order valence-corrected chi connectivity index (χ2v) is 6.14. The molecule has 0 spiro atoms. The quantitative estimate of drug-likeness (QED) is 0.867. The number of nitrogens with one attached hydrogen (secondary N) is 1. The maximum atomic E-state index is 12.2. The minimum Gasteiger partial charge on any atom is -0.508 e. The molecule has 2 N–H and O–H groups in total. The number of piperidine rings is 1. The number of hydrogen-bond acceptors (Lipinski definition) is 4. The number of amides is 1. The van der Waals surface area contributed by atoms with Gasteiger partial charge in [-0.2, -0.15) is 0 Å². The van der Waals surface area contributed by atoms with Crippen LogP contribution in [0.3, 0.4) is 0 Å². The first kappa shape index (κ1) is 14.4. The summed E-state index contributed by atoms with van der Waals surface area (Å²) in [5.74, 6) is 0.597. The number of carbonyl (C=O) groups excluding carboxylic acids is 1. The number of benzene rings is 1. The number of nitrogens with zero attached hydrogens (tertiary/aromatic N) is 1. The molecule has 1 aromatic carbocycles. The van der Waals surface area contributed by atoms with Crippen molar-refractivity contribution in [2.75, 3.05) is 31.1 Å². The van der Waals surface area contributed by atoms with Crippen LogP contribution in [0, 0.1) is 5.92 Å². The van der Waals surface area contributed by atoms with Crippen molar-refractivity contribution in [1.82, 2.24) is 5.32 Å². The number of hydrogen-bond donors (Lipinski definition) is 2. The first-order valence-corrected chi connectivity index (χ1v) is 7.52. The average Bonchev–Trinajstić information content (AvgIpc) is 2.52. The first-order chi connectivity index (χ1) is 10.1. The lowest BCUT2D eigenvalue weighted by Crippen LogP contribution is -2.59. The Morgan fingerprint density at radius 2 is 2.14 bits per heavy atom. The summed E-state index contributed by atoms with van der Waals surface area (Å²) in [6, 6.07) is 6.77. The molecule has 0 saturated carbocycles. The van der Waals surface area contributed by atoms with Crippen molar-refractivity contribution in [1.29, 1.82) is 0 Å². The van der Waals surface area contributed by atoms with Gasteiger partial charge >= 0.3 is 0 Å². The standard InChI is InChI=1S/C16H22N2O3/c1-16(12-3-2-8-17-9-12)11-18(15(20)10-21-16)13-4-6-14(19)7-5-13/h4-7,12,17,19H,2-3,8-11H2,1H3. The summed E-state index contributed by atoms with van der Waals surface area (Å²) in [6.45, 7) is 4.78. The van der Waals surface area contributed by atoms with Crippen molar-refractivity contribution in [3.05, 3.63) is 24.3 Å². The third-order valence-corrected chi connectivity index (χ3v) is 4.62. The number of morpholine rings is 1. The number of phenols is 1. The number of ether oxygens (including phenoxy) is 1. The van der Waals surface area contributed by atoms with Crippen LogP contribution in [-0.4, -0.2) is 42.9 Å². The summed E-state index contributed by atoms with van der Waals surface area (Å²) in [7, 11) is 0. The van der Waals surface area contributed by atoms with Gasteiger partial charge in [0.25, 0.3) is 5.91 Å². The average molecular weight is 290 g/mol. The van der Waals surface area contributed by atoms with Crippen LogP contribution < -0.4 is 10.2 Å². The molecule has 5 heteroatoms. The Morgan fingerprint density at radius 3 is 2.81 bits per heavy atom. The molecule has 2 fully saturated rings. The van der Waals surface area contributed by atoms with E-state index in [2.05, 4.69) is 12.2 Å². The molecule has 2 heterocycles. The molecule has 5 nitrogen and oxygen atoms in total. The SMILES string of the molecule is CC1(C2CCCNC2)CN(c2ccc(O)cc2)C(=O)CO1. The zero-order valence-corrected chi connectivity index (χ0v) is 12.3. The fourth-order valence-electron chi connectivity index (χ4n) is 3.24. The third kappa shape index (κ3) is 2.89. The van der Waals surface area contributed by atoms with Crippen molar-refractivity contribution >= 4 is 11.6 Å². The van der Waals surface area contributed by atoms with Crippen LogP contribution in [0.5, 0.6) is 5.75 Å². The van der Waals surface area contributed by atoms with Crippen LogP contribution in [0.2, 0.25) is 0 Å². The van der Waals surface area contributed by atoms with E-state index in [1.807, 2.05) is 0 Å². The molecule has 0 aliphatic carbocycles. The van der Waals surface area contributed by atoms with Crippen LogP contribution in [0.25, 0.3) is 0 Å². The van der Waals surface area contributed by atoms with Crippen molar-refractivity contribution in [3.63, 3.8) is 0 Å². The van der Waals surface area contributed by atoms with E-state index in [1.165, 1.54) is 0 Å². The molecule has 1 aromatic rings. The molecule has 21 heavy (non-hydrogen) atoms. The van der Waals surface area contributed by atoms with E-state index in [-0.39, 0.29) is 23.9 Å². The first-order valence-electron chi connectivity index (χ1n) is 7.52. The highest BCUT2D eigenvalue weighted by Crippen LogP contribution is 2.33. The number of rotatable bonds is 2. The Bertz CT molecular complexity index is 511. The molecule has 0 radical (unpaired) electrons. The van der Waals surface area contributed by atoms with E-state index in [1.54, 1.807) is 29.2 Å². The topological polar surface area (TPSA) is 61.8 Å². The molecule has 2 atom stereocenters. The van der Waals surface area contributed by atoms with E-state index in [0.717, 1.165) is 31.6 Å². The van der Waals surface area contributed by atoms with Crippen LogP contribution in [0.4, 0.5) is 5.69 Å². The van der Waals surface area contributed by atoms with E-state index in [0.29, 0.717) is 12.5 Å². The molecule has 3 rings (SSSR count). The molecular weight excluding hydrogens is 268 g/mol. The minimum atomic E-state index is -0.320. The van der Waals surface area contributed by atoms with Gasteiger partial charge in [-0.1, -0.05) is 0 Å². The monoisotopic (exact) mass is 290 g/mol. The highest BCUT2D eigenvalue weighted by Gasteiger charge is 2.42. The van der Waals surface area contributed by atoms with E-state index >= 15 is 0 Å². The maximum Gasteiger partial charge on any atom is 0.253 e. The Morgan fingerprint density at radius 1 is 1.38 bits per heavy atom. The summed E-state index contributed by atoms with van der Waals surface area (Å²) in [6.07, 6.45) is 2.28. The lowest BCUT2D eigenvalue weighted by Gasteiger charge is -2.46. The summed E-state index contributed by atoms with van der Waals surface area (Å²) in [4.78, 5) is 13.9. The van der Waals surface area contributed by atoms with Gasteiger partial charge in [0.15, 0.2) is 0 Å². The van der Waals surface area contributed by atoms with E-state index < -0.39 is 0 Å². The summed E-state index contributed by atoms with van der Waals surface area (Å²) >= 11 is 0. The minimum absolute atomic E-state index is 0.0260. The molecule has 114 valence electrons. The molecule has 0 bridgehead atoms. The number of phenolic OH excluding ortho intramolecular Hbond substituents is 1. The Balaban J connectivity index is 1.80. The lowest BCUT2D eigenvalue weighted by molar-refractivity contribution is -0.144. The van der Waals surface area contributed by atoms with Crippen molar-refractivity contribution in [2.45, 2.75) is 25.4 Å². The summed E-state index contributed by atoms with van der Waals surface area (Å²) in [5.41, 5.74) is 0.496. The zero-order chi connectivity index (χ0) is 14.9. The number of aromatic hydroxyl groups is 1. The Labute approximate surface area is 124 Å². The van der Waals surface area contributed by atoms with Crippen LogP contribution >= 0.6 is 0 Å². The van der Waals surface area contributed by atoms with Crippen LogP contribution in [0.1, 0.15) is 19.8 Å². The molecule has 2 aliphatic rings. The van der Waals surface area contributed by atoms with Crippen LogP contribution in [-0.2, 0) is 9.53 Å². The third-order valence-electron chi connectivity index (χ3n) is 4.62. The summed E-state index contributed by atoms with van der Waals surface area (Å²) < 4.78 is 5.91.